The molecule has 0 saturated heterocycles. The van der Waals surface area contributed by atoms with Crippen LogP contribution in [0.4, 0.5) is 0 Å². The summed E-state index contributed by atoms with van der Waals surface area (Å²) in [5.74, 6) is 1.55. The van der Waals surface area contributed by atoms with Crippen molar-refractivity contribution in [2.75, 3.05) is 18.8 Å². The summed E-state index contributed by atoms with van der Waals surface area (Å²) in [7, 11) is 0. The molecular formula is C13H19N3S. The number of benzene rings is 1. The van der Waals surface area contributed by atoms with E-state index in [9.17, 15) is 0 Å². The van der Waals surface area contributed by atoms with Crippen LogP contribution in [0.25, 0.3) is 0 Å². The molecule has 0 amide bonds. The van der Waals surface area contributed by atoms with Crippen molar-refractivity contribution in [1.29, 1.82) is 0 Å². The Morgan fingerprint density at radius 1 is 1.41 bits per heavy atom. The number of nitrogens with zero attached hydrogens (tertiary/aromatic N) is 1. The lowest BCUT2D eigenvalue weighted by Crippen LogP contribution is -2.31. The summed E-state index contributed by atoms with van der Waals surface area (Å²) in [5, 5.41) is 2.94. The van der Waals surface area contributed by atoms with Gasteiger partial charge in [-0.2, -0.15) is 0 Å². The molecule has 1 aromatic rings. The fourth-order valence-electron chi connectivity index (χ4n) is 1.20. The molecule has 0 bridgehead atoms. The zero-order valence-corrected chi connectivity index (χ0v) is 10.7. The van der Waals surface area contributed by atoms with Crippen molar-refractivity contribution in [3.05, 3.63) is 43.0 Å². The van der Waals surface area contributed by atoms with Crippen molar-refractivity contribution in [1.82, 2.24) is 5.32 Å². The molecule has 0 aliphatic carbocycles. The minimum absolute atomic E-state index is 0.495. The summed E-state index contributed by atoms with van der Waals surface area (Å²) in [6.07, 6.45) is 2.78. The number of nitrogens with one attached hydrogen (secondary N) is 1. The summed E-state index contributed by atoms with van der Waals surface area (Å²) in [5.41, 5.74) is 5.64. The average molecular weight is 249 g/mol. The SMILES string of the molecule is C=CCNC(N)=NCCCSc1ccccc1. The van der Waals surface area contributed by atoms with Gasteiger partial charge in [0.1, 0.15) is 0 Å². The van der Waals surface area contributed by atoms with E-state index in [2.05, 4.69) is 41.2 Å². The Bertz CT molecular complexity index is 349. The molecule has 0 saturated carbocycles. The van der Waals surface area contributed by atoms with Crippen LogP contribution >= 0.6 is 11.8 Å². The third-order valence-electron chi connectivity index (χ3n) is 2.02. The molecule has 0 radical (unpaired) electrons. The van der Waals surface area contributed by atoms with E-state index < -0.39 is 0 Å². The Morgan fingerprint density at radius 2 is 2.18 bits per heavy atom. The molecule has 3 nitrogen and oxygen atoms in total. The van der Waals surface area contributed by atoms with Crippen molar-refractivity contribution in [3.63, 3.8) is 0 Å². The number of hydrogen-bond donors (Lipinski definition) is 2. The van der Waals surface area contributed by atoms with E-state index in [0.29, 0.717) is 12.5 Å². The number of aliphatic imine (C=N–C) groups is 1. The summed E-state index contributed by atoms with van der Waals surface area (Å²) in [6.45, 7) is 5.02. The molecule has 0 fully saturated rings. The fourth-order valence-corrected chi connectivity index (χ4v) is 2.06. The molecule has 0 aromatic heterocycles. The first-order valence-electron chi connectivity index (χ1n) is 5.65. The van der Waals surface area contributed by atoms with Gasteiger partial charge in [0.25, 0.3) is 0 Å². The molecule has 0 heterocycles. The Hall–Kier alpha value is -1.42. The summed E-state index contributed by atoms with van der Waals surface area (Å²) >= 11 is 1.84. The van der Waals surface area contributed by atoms with Crippen molar-refractivity contribution in [2.24, 2.45) is 10.7 Å². The first-order valence-corrected chi connectivity index (χ1v) is 6.64. The van der Waals surface area contributed by atoms with E-state index >= 15 is 0 Å². The van der Waals surface area contributed by atoms with Crippen LogP contribution in [0.1, 0.15) is 6.42 Å². The van der Waals surface area contributed by atoms with Gasteiger partial charge in [-0.25, -0.2) is 0 Å². The van der Waals surface area contributed by atoms with E-state index in [1.807, 2.05) is 17.8 Å². The van der Waals surface area contributed by atoms with Crippen LogP contribution in [-0.2, 0) is 0 Å². The Labute approximate surface area is 107 Å². The lowest BCUT2D eigenvalue weighted by Gasteiger charge is -2.02. The second kappa shape index (κ2) is 8.70. The standard InChI is InChI=1S/C13H19N3S/c1-2-9-15-13(14)16-10-6-11-17-12-7-4-3-5-8-12/h2-5,7-8H,1,6,9-11H2,(H3,14,15,16). The van der Waals surface area contributed by atoms with E-state index in [4.69, 9.17) is 5.73 Å². The quantitative estimate of drug-likeness (QED) is 0.256. The topological polar surface area (TPSA) is 50.4 Å². The van der Waals surface area contributed by atoms with Gasteiger partial charge in [0, 0.05) is 18.0 Å². The molecule has 0 unspecified atom stereocenters. The molecule has 0 spiro atoms. The van der Waals surface area contributed by atoms with Gasteiger partial charge in [-0.05, 0) is 24.3 Å². The number of nitrogens with two attached hydrogens (primary N) is 1. The summed E-state index contributed by atoms with van der Waals surface area (Å²) in [6, 6.07) is 10.4. The predicted octanol–water partition coefficient (Wildman–Crippen LogP) is 2.26. The molecule has 17 heavy (non-hydrogen) atoms. The fraction of sp³-hybridized carbons (Fsp3) is 0.308. The highest BCUT2D eigenvalue weighted by Gasteiger charge is 1.93. The van der Waals surface area contributed by atoms with Gasteiger partial charge in [0.05, 0.1) is 0 Å². The predicted molar refractivity (Wildman–Crippen MR) is 76.5 cm³/mol. The van der Waals surface area contributed by atoms with E-state index in [-0.39, 0.29) is 0 Å². The highest BCUT2D eigenvalue weighted by atomic mass is 32.2. The summed E-state index contributed by atoms with van der Waals surface area (Å²) in [4.78, 5) is 5.52. The second-order valence-electron chi connectivity index (χ2n) is 3.45. The molecule has 0 atom stereocenters. The Morgan fingerprint density at radius 3 is 2.88 bits per heavy atom. The van der Waals surface area contributed by atoms with Gasteiger partial charge >= 0.3 is 0 Å². The highest BCUT2D eigenvalue weighted by molar-refractivity contribution is 7.99. The first-order chi connectivity index (χ1) is 8.33. The maximum absolute atomic E-state index is 5.64. The van der Waals surface area contributed by atoms with Gasteiger partial charge in [0.2, 0.25) is 0 Å². The zero-order valence-electron chi connectivity index (χ0n) is 9.93. The lowest BCUT2D eigenvalue weighted by atomic mass is 10.4. The maximum Gasteiger partial charge on any atom is 0.188 e. The Balaban J connectivity index is 2.10. The van der Waals surface area contributed by atoms with Gasteiger partial charge in [-0.3, -0.25) is 4.99 Å². The van der Waals surface area contributed by atoms with Crippen LogP contribution in [-0.4, -0.2) is 24.8 Å². The second-order valence-corrected chi connectivity index (χ2v) is 4.62. The van der Waals surface area contributed by atoms with Gasteiger partial charge < -0.3 is 11.1 Å². The molecule has 4 heteroatoms. The Kier molecular flexibility index (Phi) is 6.98. The van der Waals surface area contributed by atoms with Crippen molar-refractivity contribution in [2.45, 2.75) is 11.3 Å². The minimum atomic E-state index is 0.495. The smallest absolute Gasteiger partial charge is 0.188 e. The van der Waals surface area contributed by atoms with Crippen LogP contribution in [0.3, 0.4) is 0 Å². The molecule has 0 aliphatic rings. The molecule has 1 rings (SSSR count). The molecule has 92 valence electrons. The van der Waals surface area contributed by atoms with Crippen LogP contribution in [0.15, 0.2) is 52.9 Å². The first kappa shape index (κ1) is 13.6. The van der Waals surface area contributed by atoms with Crippen LogP contribution in [0, 0.1) is 0 Å². The largest absolute Gasteiger partial charge is 0.370 e. The number of thioether (sulfide) groups is 1. The van der Waals surface area contributed by atoms with E-state index in [1.165, 1.54) is 4.90 Å². The monoisotopic (exact) mass is 249 g/mol. The molecule has 0 aliphatic heterocycles. The molecule has 3 N–H and O–H groups in total. The minimum Gasteiger partial charge on any atom is -0.370 e. The molecule has 1 aromatic carbocycles. The van der Waals surface area contributed by atoms with Crippen molar-refractivity contribution in [3.8, 4) is 0 Å². The van der Waals surface area contributed by atoms with Crippen LogP contribution in [0.2, 0.25) is 0 Å². The van der Waals surface area contributed by atoms with Crippen molar-refractivity contribution < 1.29 is 0 Å². The zero-order chi connectivity index (χ0) is 12.3. The number of guanidine groups is 1. The van der Waals surface area contributed by atoms with Crippen molar-refractivity contribution >= 4 is 17.7 Å². The number of rotatable bonds is 7. The lowest BCUT2D eigenvalue weighted by molar-refractivity contribution is 0.912. The molecular weight excluding hydrogens is 230 g/mol. The van der Waals surface area contributed by atoms with Gasteiger partial charge in [0.15, 0.2) is 5.96 Å². The van der Waals surface area contributed by atoms with Gasteiger partial charge in [-0.15, -0.1) is 18.3 Å². The normalized spacial score (nSPS) is 11.2. The number of hydrogen-bond acceptors (Lipinski definition) is 2. The van der Waals surface area contributed by atoms with Gasteiger partial charge in [-0.1, -0.05) is 24.3 Å². The maximum atomic E-state index is 5.64. The van der Waals surface area contributed by atoms with E-state index in [1.54, 1.807) is 6.08 Å². The summed E-state index contributed by atoms with van der Waals surface area (Å²) < 4.78 is 0. The van der Waals surface area contributed by atoms with Crippen LogP contribution < -0.4 is 11.1 Å². The van der Waals surface area contributed by atoms with E-state index in [0.717, 1.165) is 18.7 Å². The van der Waals surface area contributed by atoms with Crippen LogP contribution in [0.5, 0.6) is 0 Å². The highest BCUT2D eigenvalue weighted by Crippen LogP contribution is 2.17. The third-order valence-corrected chi connectivity index (χ3v) is 3.12. The average Bonchev–Trinajstić information content (AvgIpc) is 2.37. The third kappa shape index (κ3) is 6.68.